The largest absolute Gasteiger partial charge is 0.356 e. The van der Waals surface area contributed by atoms with Crippen LogP contribution in [0, 0.1) is 5.82 Å². The standard InChI is InChI=1S/C21H20FN3O4S/c22-17-7-3-15(4-8-17)20-13-18(24-29-20)14-23-21(26)16-5-9-19(10-6-16)30(27,28)25-11-1-2-12-25/h3-10,13H,1-2,11-12,14H2,(H,23,26). The molecular formula is C21H20FN3O4S. The maximum Gasteiger partial charge on any atom is 0.251 e. The Morgan fingerprint density at radius 3 is 2.40 bits per heavy atom. The lowest BCUT2D eigenvalue weighted by Gasteiger charge is -2.15. The molecule has 156 valence electrons. The van der Waals surface area contributed by atoms with Crippen LogP contribution >= 0.6 is 0 Å². The number of benzene rings is 2. The third-order valence-corrected chi connectivity index (χ3v) is 6.85. The zero-order valence-corrected chi connectivity index (χ0v) is 16.9. The van der Waals surface area contributed by atoms with E-state index in [-0.39, 0.29) is 23.2 Å². The molecule has 3 aromatic rings. The number of carbonyl (C=O) groups is 1. The molecule has 1 N–H and O–H groups in total. The smallest absolute Gasteiger partial charge is 0.251 e. The van der Waals surface area contributed by atoms with Crippen molar-refractivity contribution in [2.75, 3.05) is 13.1 Å². The average molecular weight is 429 g/mol. The minimum Gasteiger partial charge on any atom is -0.356 e. The van der Waals surface area contributed by atoms with Crippen LogP contribution in [0.4, 0.5) is 4.39 Å². The predicted molar refractivity (Wildman–Crippen MR) is 108 cm³/mol. The molecule has 0 bridgehead atoms. The third-order valence-electron chi connectivity index (χ3n) is 4.94. The van der Waals surface area contributed by atoms with E-state index in [2.05, 4.69) is 10.5 Å². The van der Waals surface area contributed by atoms with Gasteiger partial charge in [0.15, 0.2) is 5.76 Å². The van der Waals surface area contributed by atoms with Gasteiger partial charge in [-0.3, -0.25) is 4.79 Å². The Morgan fingerprint density at radius 1 is 1.07 bits per heavy atom. The molecule has 4 rings (SSSR count). The van der Waals surface area contributed by atoms with E-state index >= 15 is 0 Å². The lowest BCUT2D eigenvalue weighted by molar-refractivity contribution is 0.0950. The molecule has 0 aliphatic carbocycles. The SMILES string of the molecule is O=C(NCc1cc(-c2ccc(F)cc2)on1)c1ccc(S(=O)(=O)N2CCCC2)cc1. The molecule has 0 unspecified atom stereocenters. The number of hydrogen-bond donors (Lipinski definition) is 1. The molecule has 1 aliphatic heterocycles. The summed E-state index contributed by atoms with van der Waals surface area (Å²) in [4.78, 5) is 12.6. The van der Waals surface area contributed by atoms with Gasteiger partial charge in [0.1, 0.15) is 11.5 Å². The van der Waals surface area contributed by atoms with Crippen molar-refractivity contribution in [3.05, 3.63) is 71.7 Å². The highest BCUT2D eigenvalue weighted by Gasteiger charge is 2.27. The van der Waals surface area contributed by atoms with Gasteiger partial charge < -0.3 is 9.84 Å². The Kier molecular flexibility index (Phi) is 5.65. The Hall–Kier alpha value is -3.04. The van der Waals surface area contributed by atoms with E-state index in [9.17, 15) is 17.6 Å². The average Bonchev–Trinajstić information content (AvgIpc) is 3.45. The highest BCUT2D eigenvalue weighted by Crippen LogP contribution is 2.22. The van der Waals surface area contributed by atoms with Crippen molar-refractivity contribution in [2.45, 2.75) is 24.3 Å². The van der Waals surface area contributed by atoms with Crippen LogP contribution in [0.25, 0.3) is 11.3 Å². The van der Waals surface area contributed by atoms with E-state index in [4.69, 9.17) is 4.52 Å². The van der Waals surface area contributed by atoms with Crippen molar-refractivity contribution in [2.24, 2.45) is 0 Å². The number of nitrogens with zero attached hydrogens (tertiary/aromatic N) is 2. The van der Waals surface area contributed by atoms with Crippen molar-refractivity contribution in [3.8, 4) is 11.3 Å². The first-order valence-electron chi connectivity index (χ1n) is 9.53. The molecule has 0 atom stereocenters. The van der Waals surface area contributed by atoms with Gasteiger partial charge in [-0.05, 0) is 61.4 Å². The van der Waals surface area contributed by atoms with Crippen LogP contribution in [-0.2, 0) is 16.6 Å². The number of halogens is 1. The van der Waals surface area contributed by atoms with Crippen molar-refractivity contribution in [3.63, 3.8) is 0 Å². The first kappa shape index (κ1) is 20.2. The van der Waals surface area contributed by atoms with Gasteiger partial charge in [-0.25, -0.2) is 12.8 Å². The normalized spacial score (nSPS) is 14.7. The van der Waals surface area contributed by atoms with Crippen molar-refractivity contribution < 1.29 is 22.1 Å². The van der Waals surface area contributed by atoms with Gasteiger partial charge in [0, 0.05) is 30.3 Å². The number of aromatic nitrogens is 1. The number of rotatable bonds is 6. The fourth-order valence-electron chi connectivity index (χ4n) is 3.27. The topological polar surface area (TPSA) is 92.5 Å². The molecule has 0 radical (unpaired) electrons. The van der Waals surface area contributed by atoms with E-state index in [0.717, 1.165) is 12.8 Å². The number of nitrogens with one attached hydrogen (secondary N) is 1. The van der Waals surface area contributed by atoms with E-state index in [1.165, 1.54) is 40.7 Å². The third kappa shape index (κ3) is 4.27. The lowest BCUT2D eigenvalue weighted by atomic mass is 10.1. The first-order chi connectivity index (χ1) is 14.4. The number of hydrogen-bond acceptors (Lipinski definition) is 5. The quantitative estimate of drug-likeness (QED) is 0.650. The van der Waals surface area contributed by atoms with Crippen LogP contribution in [0.3, 0.4) is 0 Å². The number of amides is 1. The monoisotopic (exact) mass is 429 g/mol. The summed E-state index contributed by atoms with van der Waals surface area (Å²) >= 11 is 0. The van der Waals surface area contributed by atoms with Gasteiger partial charge in [-0.15, -0.1) is 0 Å². The van der Waals surface area contributed by atoms with Crippen molar-refractivity contribution in [1.29, 1.82) is 0 Å². The molecule has 0 spiro atoms. The second-order valence-electron chi connectivity index (χ2n) is 7.01. The summed E-state index contributed by atoms with van der Waals surface area (Å²) in [5.41, 5.74) is 1.53. The first-order valence-corrected chi connectivity index (χ1v) is 11.0. The predicted octanol–water partition coefficient (Wildman–Crippen LogP) is 3.20. The van der Waals surface area contributed by atoms with Crippen LogP contribution < -0.4 is 5.32 Å². The maximum absolute atomic E-state index is 13.0. The second kappa shape index (κ2) is 8.37. The summed E-state index contributed by atoms with van der Waals surface area (Å²) in [6.07, 6.45) is 1.73. The van der Waals surface area contributed by atoms with E-state index < -0.39 is 10.0 Å². The van der Waals surface area contributed by atoms with Gasteiger partial charge in [-0.2, -0.15) is 4.31 Å². The minimum absolute atomic E-state index is 0.136. The van der Waals surface area contributed by atoms with Crippen LogP contribution in [0.15, 0.2) is 64.0 Å². The molecule has 2 heterocycles. The summed E-state index contributed by atoms with van der Waals surface area (Å²) in [5, 5.41) is 6.62. The second-order valence-corrected chi connectivity index (χ2v) is 8.95. The maximum atomic E-state index is 13.0. The Morgan fingerprint density at radius 2 is 1.73 bits per heavy atom. The minimum atomic E-state index is -3.51. The molecule has 1 amide bonds. The number of carbonyl (C=O) groups excluding carboxylic acids is 1. The highest BCUT2D eigenvalue weighted by molar-refractivity contribution is 7.89. The molecule has 9 heteroatoms. The Balaban J connectivity index is 1.38. The van der Waals surface area contributed by atoms with Gasteiger partial charge in [0.05, 0.1) is 11.4 Å². The molecule has 1 saturated heterocycles. The molecule has 1 fully saturated rings. The summed E-state index contributed by atoms with van der Waals surface area (Å²) in [7, 11) is -3.51. The summed E-state index contributed by atoms with van der Waals surface area (Å²) in [6.45, 7) is 1.20. The number of sulfonamides is 1. The molecule has 30 heavy (non-hydrogen) atoms. The van der Waals surface area contributed by atoms with Crippen LogP contribution in [0.2, 0.25) is 0 Å². The fraction of sp³-hybridized carbons (Fsp3) is 0.238. The Bertz CT molecular complexity index is 1140. The fourth-order valence-corrected chi connectivity index (χ4v) is 4.79. The van der Waals surface area contributed by atoms with E-state index in [0.29, 0.717) is 35.7 Å². The molecule has 1 aliphatic rings. The lowest BCUT2D eigenvalue weighted by Crippen LogP contribution is -2.28. The van der Waals surface area contributed by atoms with Gasteiger partial charge in [0.2, 0.25) is 10.0 Å². The van der Waals surface area contributed by atoms with Crippen LogP contribution in [0.1, 0.15) is 28.9 Å². The summed E-state index contributed by atoms with van der Waals surface area (Å²) in [5.74, 6) is -0.229. The molecule has 1 aromatic heterocycles. The summed E-state index contributed by atoms with van der Waals surface area (Å²) in [6, 6.07) is 13.4. The van der Waals surface area contributed by atoms with E-state index in [1.807, 2.05) is 0 Å². The molecule has 7 nitrogen and oxygen atoms in total. The molecular weight excluding hydrogens is 409 g/mol. The van der Waals surface area contributed by atoms with E-state index in [1.54, 1.807) is 18.2 Å². The van der Waals surface area contributed by atoms with Crippen molar-refractivity contribution >= 4 is 15.9 Å². The zero-order chi connectivity index (χ0) is 21.1. The van der Waals surface area contributed by atoms with Gasteiger partial charge in [0.25, 0.3) is 5.91 Å². The molecule has 2 aromatic carbocycles. The van der Waals surface area contributed by atoms with Crippen LogP contribution in [0.5, 0.6) is 0 Å². The van der Waals surface area contributed by atoms with Crippen LogP contribution in [-0.4, -0.2) is 36.9 Å². The van der Waals surface area contributed by atoms with Gasteiger partial charge in [-0.1, -0.05) is 5.16 Å². The van der Waals surface area contributed by atoms with Gasteiger partial charge >= 0.3 is 0 Å². The molecule has 0 saturated carbocycles. The summed E-state index contributed by atoms with van der Waals surface area (Å²) < 4.78 is 44.8. The van der Waals surface area contributed by atoms with Crippen molar-refractivity contribution in [1.82, 2.24) is 14.8 Å². The Labute approximate surface area is 173 Å². The zero-order valence-electron chi connectivity index (χ0n) is 16.0. The highest BCUT2D eigenvalue weighted by atomic mass is 32.2.